The summed E-state index contributed by atoms with van der Waals surface area (Å²) in [6.07, 6.45) is 3.75. The molecule has 1 aliphatic carbocycles. The van der Waals surface area contributed by atoms with Crippen LogP contribution in [-0.2, 0) is 14.3 Å². The third-order valence-corrected chi connectivity index (χ3v) is 8.41. The fraction of sp³-hybridized carbons (Fsp3) is 0.824. The number of amides is 3. The molecular formula is C17H26N4O4S2. The number of nitrogens with one attached hydrogen (secondary N) is 4. The zero-order chi connectivity index (χ0) is 18.8. The highest BCUT2D eigenvalue weighted by Gasteiger charge is 2.42. The van der Waals surface area contributed by atoms with Gasteiger partial charge < -0.3 is 15.4 Å². The lowest BCUT2D eigenvalue weighted by Crippen LogP contribution is -2.51. The first-order chi connectivity index (χ1) is 13.1. The minimum absolute atomic E-state index is 0.0604. The molecule has 0 aromatic rings. The van der Waals surface area contributed by atoms with E-state index in [0.717, 1.165) is 44.5 Å². The van der Waals surface area contributed by atoms with Crippen molar-refractivity contribution < 1.29 is 19.1 Å². The van der Waals surface area contributed by atoms with E-state index in [1.165, 1.54) is 0 Å². The maximum atomic E-state index is 12.7. The highest BCUT2D eigenvalue weighted by atomic mass is 32.2. The molecule has 8 nitrogen and oxygen atoms in total. The van der Waals surface area contributed by atoms with Gasteiger partial charge in [0.2, 0.25) is 11.8 Å². The molecule has 4 rings (SSSR count). The molecule has 0 aromatic carbocycles. The topological polar surface area (TPSA) is 109 Å². The Bertz CT molecular complexity index is 589. The van der Waals surface area contributed by atoms with Crippen molar-refractivity contribution in [3.8, 4) is 0 Å². The molecule has 3 aliphatic heterocycles. The van der Waals surface area contributed by atoms with Crippen LogP contribution in [0.4, 0.5) is 4.79 Å². The molecule has 0 aromatic heterocycles. The first-order valence-corrected chi connectivity index (χ1v) is 11.6. The van der Waals surface area contributed by atoms with Crippen LogP contribution < -0.4 is 21.3 Å². The summed E-state index contributed by atoms with van der Waals surface area (Å²) in [5, 5.41) is 11.9. The number of ether oxygens (including phenoxy) is 1. The first kappa shape index (κ1) is 19.4. The molecule has 0 bridgehead atoms. The van der Waals surface area contributed by atoms with Gasteiger partial charge in [-0.25, -0.2) is 4.79 Å². The molecule has 27 heavy (non-hydrogen) atoms. The van der Waals surface area contributed by atoms with Crippen molar-refractivity contribution in [3.63, 3.8) is 0 Å². The number of hydrogen-bond donors (Lipinski definition) is 4. The lowest BCUT2D eigenvalue weighted by Gasteiger charge is -2.26. The predicted octanol–water partition coefficient (Wildman–Crippen LogP) is 0.380. The van der Waals surface area contributed by atoms with E-state index in [-0.39, 0.29) is 28.7 Å². The molecule has 4 N–H and O–H groups in total. The van der Waals surface area contributed by atoms with Gasteiger partial charge in [-0.3, -0.25) is 20.2 Å². The van der Waals surface area contributed by atoms with Crippen LogP contribution in [0.15, 0.2) is 0 Å². The van der Waals surface area contributed by atoms with E-state index in [1.54, 1.807) is 23.5 Å². The normalized spacial score (nSPS) is 35.8. The number of imide groups is 1. The van der Waals surface area contributed by atoms with Crippen LogP contribution in [0, 0.1) is 5.92 Å². The van der Waals surface area contributed by atoms with Crippen molar-refractivity contribution in [1.29, 1.82) is 0 Å². The minimum atomic E-state index is -0.670. The summed E-state index contributed by atoms with van der Waals surface area (Å²) in [6.45, 7) is 1.87. The first-order valence-electron chi connectivity index (χ1n) is 9.66. The molecule has 1 saturated carbocycles. The van der Waals surface area contributed by atoms with Crippen LogP contribution >= 0.6 is 23.5 Å². The summed E-state index contributed by atoms with van der Waals surface area (Å²) < 4.78 is 5.18. The van der Waals surface area contributed by atoms with Gasteiger partial charge in [-0.05, 0) is 44.4 Å². The van der Waals surface area contributed by atoms with Gasteiger partial charge in [-0.2, -0.15) is 0 Å². The third kappa shape index (κ3) is 4.55. The van der Waals surface area contributed by atoms with Gasteiger partial charge in [0.05, 0.1) is 11.3 Å². The number of carbonyl (C=O) groups excluding carboxylic acids is 3. The average Bonchev–Trinajstić information content (AvgIpc) is 3.24. The second-order valence-corrected chi connectivity index (χ2v) is 10.1. The van der Waals surface area contributed by atoms with Crippen molar-refractivity contribution in [3.05, 3.63) is 0 Å². The molecule has 0 spiro atoms. The second kappa shape index (κ2) is 8.59. The van der Waals surface area contributed by atoms with Crippen molar-refractivity contribution >= 4 is 41.4 Å². The van der Waals surface area contributed by atoms with E-state index in [1.807, 2.05) is 0 Å². The highest BCUT2D eigenvalue weighted by Crippen LogP contribution is 2.34. The van der Waals surface area contributed by atoms with Crippen LogP contribution in [0.2, 0.25) is 0 Å². The van der Waals surface area contributed by atoms with Crippen molar-refractivity contribution in [1.82, 2.24) is 21.3 Å². The number of carbonyl (C=O) groups is 3. The second-order valence-electron chi connectivity index (χ2n) is 7.46. The van der Waals surface area contributed by atoms with Crippen molar-refractivity contribution in [2.45, 2.75) is 60.2 Å². The number of piperidine rings is 1. The van der Waals surface area contributed by atoms with Gasteiger partial charge in [-0.1, -0.05) is 0 Å². The van der Waals surface area contributed by atoms with Crippen molar-refractivity contribution in [2.24, 2.45) is 5.92 Å². The van der Waals surface area contributed by atoms with E-state index in [0.29, 0.717) is 17.7 Å². The molecule has 0 radical (unpaired) electrons. The standard InChI is InChI=1S/C17H26N4O4S2/c22-13(21-17(24)25-9-2-1-3-9)10-5-7-26-15(10)20-14(23)16-19-11-8-18-6-4-12(11)27-16/h9-12,15-16,18-19H,1-8H2,(H,20,23)(H,21,22,24). The molecule has 4 aliphatic rings. The SMILES string of the molecule is O=C(NC(=O)C1CCSC1NC(=O)C1NC2CNCCC2S1)OC1CCC1. The molecule has 5 atom stereocenters. The van der Waals surface area contributed by atoms with Crippen LogP contribution in [0.3, 0.4) is 0 Å². The van der Waals surface area contributed by atoms with Gasteiger partial charge in [0.15, 0.2) is 0 Å². The number of thioether (sulfide) groups is 2. The fourth-order valence-corrected chi connectivity index (χ4v) is 6.54. The Kier molecular flexibility index (Phi) is 6.15. The maximum absolute atomic E-state index is 12.7. The van der Waals surface area contributed by atoms with Crippen LogP contribution in [0.5, 0.6) is 0 Å². The number of fused-ring (bicyclic) bond motifs is 1. The molecule has 150 valence electrons. The Morgan fingerprint density at radius 3 is 2.67 bits per heavy atom. The number of rotatable bonds is 4. The Hall–Kier alpha value is -0.970. The fourth-order valence-electron chi connectivity index (χ4n) is 3.79. The van der Waals surface area contributed by atoms with E-state index in [4.69, 9.17) is 4.74 Å². The third-order valence-electron chi connectivity index (χ3n) is 5.60. The lowest BCUT2D eigenvalue weighted by molar-refractivity contribution is -0.125. The summed E-state index contributed by atoms with van der Waals surface area (Å²) in [5.41, 5.74) is 0. The molecule has 3 amide bonds. The zero-order valence-electron chi connectivity index (χ0n) is 15.1. The Morgan fingerprint density at radius 2 is 1.93 bits per heavy atom. The molecule has 3 saturated heterocycles. The largest absolute Gasteiger partial charge is 0.446 e. The maximum Gasteiger partial charge on any atom is 0.414 e. The number of alkyl carbamates (subject to hydrolysis) is 1. The highest BCUT2D eigenvalue weighted by molar-refractivity contribution is 8.01. The summed E-state index contributed by atoms with van der Waals surface area (Å²) >= 11 is 3.23. The summed E-state index contributed by atoms with van der Waals surface area (Å²) in [5.74, 6) is -0.0763. The van der Waals surface area contributed by atoms with Gasteiger partial charge in [0.1, 0.15) is 11.5 Å². The Morgan fingerprint density at radius 1 is 1.07 bits per heavy atom. The van der Waals surface area contributed by atoms with Gasteiger partial charge >= 0.3 is 6.09 Å². The average molecular weight is 415 g/mol. The predicted molar refractivity (Wildman–Crippen MR) is 104 cm³/mol. The summed E-state index contributed by atoms with van der Waals surface area (Å²) in [6, 6.07) is 0.316. The van der Waals surface area contributed by atoms with Crippen molar-refractivity contribution in [2.75, 3.05) is 18.8 Å². The quantitative estimate of drug-likeness (QED) is 0.523. The van der Waals surface area contributed by atoms with E-state index in [9.17, 15) is 14.4 Å². The molecule has 10 heteroatoms. The van der Waals surface area contributed by atoms with Crippen LogP contribution in [-0.4, -0.2) is 64.9 Å². The molecule has 5 unspecified atom stereocenters. The Balaban J connectivity index is 1.27. The Labute approximate surface area is 167 Å². The smallest absolute Gasteiger partial charge is 0.414 e. The lowest BCUT2D eigenvalue weighted by atomic mass is 9.96. The summed E-state index contributed by atoms with van der Waals surface area (Å²) in [7, 11) is 0. The molecule has 4 fully saturated rings. The monoisotopic (exact) mass is 414 g/mol. The van der Waals surface area contributed by atoms with E-state index >= 15 is 0 Å². The zero-order valence-corrected chi connectivity index (χ0v) is 16.7. The molecular weight excluding hydrogens is 388 g/mol. The summed E-state index contributed by atoms with van der Waals surface area (Å²) in [4.78, 5) is 37.0. The van der Waals surface area contributed by atoms with Gasteiger partial charge in [0, 0.05) is 17.8 Å². The van der Waals surface area contributed by atoms with Gasteiger partial charge in [0.25, 0.3) is 0 Å². The minimum Gasteiger partial charge on any atom is -0.446 e. The van der Waals surface area contributed by atoms with E-state index in [2.05, 4.69) is 21.3 Å². The molecule has 3 heterocycles. The number of hydrogen-bond acceptors (Lipinski definition) is 8. The van der Waals surface area contributed by atoms with Gasteiger partial charge in [-0.15, -0.1) is 23.5 Å². The van der Waals surface area contributed by atoms with E-state index < -0.39 is 12.0 Å². The van der Waals surface area contributed by atoms with Crippen LogP contribution in [0.1, 0.15) is 32.1 Å². The van der Waals surface area contributed by atoms with Crippen LogP contribution in [0.25, 0.3) is 0 Å².